The molecule has 0 saturated heterocycles. The van der Waals surface area contributed by atoms with Crippen LogP contribution in [0.25, 0.3) is 10.4 Å². The Kier molecular flexibility index (Phi) is 3.59. The van der Waals surface area contributed by atoms with E-state index in [9.17, 15) is 4.79 Å². The first-order chi connectivity index (χ1) is 10.9. The Bertz CT molecular complexity index is 948. The molecule has 2 aromatic heterocycles. The van der Waals surface area contributed by atoms with Gasteiger partial charge in [-0.2, -0.15) is 4.98 Å². The molecule has 116 valence electrons. The molecule has 0 fully saturated rings. The minimum absolute atomic E-state index is 0.107. The molecule has 0 bridgehead atoms. The molecule has 0 saturated carbocycles. The highest BCUT2D eigenvalue weighted by atomic mass is 32.1. The Morgan fingerprint density at radius 3 is 2.96 bits per heavy atom. The maximum Gasteiger partial charge on any atom is 0.275 e. The second-order valence-electron chi connectivity index (χ2n) is 5.30. The number of amides is 1. The molecule has 0 aliphatic carbocycles. The molecular weight excluding hydrogens is 312 g/mol. The van der Waals surface area contributed by atoms with Gasteiger partial charge in [0.05, 0.1) is 12.0 Å². The summed E-state index contributed by atoms with van der Waals surface area (Å²) in [6.07, 6.45) is 0.188. The van der Waals surface area contributed by atoms with Crippen LogP contribution in [0, 0.1) is 23.7 Å². The molecule has 2 aromatic rings. The Labute approximate surface area is 137 Å². The van der Waals surface area contributed by atoms with E-state index in [1.165, 1.54) is 16.2 Å². The van der Waals surface area contributed by atoms with Crippen molar-refractivity contribution in [1.29, 1.82) is 0 Å². The molecule has 1 amide bonds. The molecule has 1 atom stereocenters. The van der Waals surface area contributed by atoms with E-state index in [0.29, 0.717) is 17.0 Å². The van der Waals surface area contributed by atoms with Gasteiger partial charge >= 0.3 is 0 Å². The van der Waals surface area contributed by atoms with E-state index in [0.717, 1.165) is 4.83 Å². The fourth-order valence-corrected chi connectivity index (χ4v) is 2.94. The predicted octanol–water partition coefficient (Wildman–Crippen LogP) is 1.55. The van der Waals surface area contributed by atoms with Crippen LogP contribution in [0.4, 0.5) is 0 Å². The number of hydrogen-bond donors (Lipinski definition) is 1. The van der Waals surface area contributed by atoms with Crippen molar-refractivity contribution in [1.82, 2.24) is 9.88 Å². The number of aliphatic imine (C=N–C) groups is 1. The Balaban J connectivity index is 1.98. The van der Waals surface area contributed by atoms with Crippen molar-refractivity contribution in [3.8, 4) is 23.7 Å². The third-order valence-electron chi connectivity index (χ3n) is 3.40. The Hall–Kier alpha value is -2.77. The van der Waals surface area contributed by atoms with Gasteiger partial charge in [0.25, 0.3) is 5.89 Å². The fourth-order valence-electron chi connectivity index (χ4n) is 2.15. The zero-order valence-electron chi connectivity index (χ0n) is 12.9. The molecule has 7 heteroatoms. The summed E-state index contributed by atoms with van der Waals surface area (Å²) in [5.74, 6) is 12.0. The van der Waals surface area contributed by atoms with Crippen LogP contribution < -0.4 is 5.73 Å². The van der Waals surface area contributed by atoms with Crippen LogP contribution in [0.5, 0.6) is 0 Å². The van der Waals surface area contributed by atoms with Gasteiger partial charge in [0.15, 0.2) is 16.4 Å². The summed E-state index contributed by atoms with van der Waals surface area (Å²) in [5, 5.41) is 1.87. The first kappa shape index (κ1) is 15.1. The highest BCUT2D eigenvalue weighted by Crippen LogP contribution is 2.27. The summed E-state index contributed by atoms with van der Waals surface area (Å²) in [6.45, 7) is 3.51. The molecule has 2 N–H and O–H groups in total. The van der Waals surface area contributed by atoms with E-state index >= 15 is 0 Å². The van der Waals surface area contributed by atoms with Gasteiger partial charge in [0.1, 0.15) is 5.54 Å². The van der Waals surface area contributed by atoms with Gasteiger partial charge in [-0.15, -0.1) is 11.3 Å². The first-order valence-electron chi connectivity index (χ1n) is 6.88. The number of nitrogens with two attached hydrogens (primary N) is 1. The molecule has 1 aliphatic heterocycles. The Morgan fingerprint density at radius 1 is 1.48 bits per heavy atom. The number of guanidine groups is 1. The normalized spacial score (nSPS) is 20.6. The lowest BCUT2D eigenvalue weighted by atomic mass is 9.97. The van der Waals surface area contributed by atoms with E-state index in [2.05, 4.69) is 33.7 Å². The number of thiophene rings is 1. The van der Waals surface area contributed by atoms with Crippen molar-refractivity contribution in [2.75, 3.05) is 7.05 Å². The van der Waals surface area contributed by atoms with Crippen LogP contribution in [0.3, 0.4) is 0 Å². The summed E-state index contributed by atoms with van der Waals surface area (Å²) in [5.41, 5.74) is 6.25. The van der Waals surface area contributed by atoms with Gasteiger partial charge in [-0.05, 0) is 19.8 Å². The smallest absolute Gasteiger partial charge is 0.275 e. The molecule has 3 heterocycles. The second-order valence-corrected chi connectivity index (χ2v) is 6.16. The topological polar surface area (TPSA) is 84.7 Å². The van der Waals surface area contributed by atoms with Gasteiger partial charge in [-0.25, -0.2) is 4.99 Å². The van der Waals surface area contributed by atoms with Crippen LogP contribution >= 0.6 is 11.3 Å². The molecular formula is C16H14N4O2S. The summed E-state index contributed by atoms with van der Waals surface area (Å²) >= 11 is 1.44. The summed E-state index contributed by atoms with van der Waals surface area (Å²) < 4.78 is 5.60. The van der Waals surface area contributed by atoms with Gasteiger partial charge in [0.2, 0.25) is 5.91 Å². The summed E-state index contributed by atoms with van der Waals surface area (Å²) in [7, 11) is 1.60. The molecule has 0 unspecified atom stereocenters. The number of fused-ring (bicyclic) bond motifs is 1. The quantitative estimate of drug-likeness (QED) is 0.744. The van der Waals surface area contributed by atoms with Crippen molar-refractivity contribution in [2.24, 2.45) is 10.7 Å². The van der Waals surface area contributed by atoms with Crippen LogP contribution in [-0.2, 0) is 4.79 Å². The third-order valence-corrected chi connectivity index (χ3v) is 4.26. The number of nitrogens with zero attached hydrogens (tertiary/aromatic N) is 3. The van der Waals surface area contributed by atoms with Gasteiger partial charge in [-0.1, -0.05) is 17.8 Å². The Morgan fingerprint density at radius 2 is 2.26 bits per heavy atom. The zero-order chi connectivity index (χ0) is 16.6. The number of rotatable bonds is 0. The number of oxazole rings is 1. The van der Waals surface area contributed by atoms with E-state index < -0.39 is 5.54 Å². The van der Waals surface area contributed by atoms with E-state index in [4.69, 9.17) is 10.2 Å². The minimum Gasteiger partial charge on any atom is -0.428 e. The predicted molar refractivity (Wildman–Crippen MR) is 88.7 cm³/mol. The number of carbonyl (C=O) groups is 1. The van der Waals surface area contributed by atoms with Crippen LogP contribution in [0.15, 0.2) is 14.8 Å². The number of carbonyl (C=O) groups excluding carboxylic acids is 1. The average molecular weight is 326 g/mol. The highest BCUT2D eigenvalue weighted by Gasteiger charge is 2.33. The van der Waals surface area contributed by atoms with E-state index in [1.807, 2.05) is 5.38 Å². The molecule has 23 heavy (non-hydrogen) atoms. The highest BCUT2D eigenvalue weighted by molar-refractivity contribution is 7.16. The fraction of sp³-hybridized carbons (Fsp3) is 0.312. The van der Waals surface area contributed by atoms with Crippen molar-refractivity contribution >= 4 is 33.6 Å². The van der Waals surface area contributed by atoms with Crippen molar-refractivity contribution in [3.05, 3.63) is 16.8 Å². The number of aromatic nitrogens is 1. The molecule has 0 spiro atoms. The van der Waals surface area contributed by atoms with Crippen LogP contribution in [0.2, 0.25) is 0 Å². The third kappa shape index (κ3) is 2.79. The average Bonchev–Trinajstić information content (AvgIpc) is 3.03. The maximum absolute atomic E-state index is 11.9. The van der Waals surface area contributed by atoms with Crippen molar-refractivity contribution < 1.29 is 9.21 Å². The minimum atomic E-state index is -0.839. The lowest BCUT2D eigenvalue weighted by Crippen LogP contribution is -2.48. The van der Waals surface area contributed by atoms with E-state index in [1.54, 1.807) is 20.9 Å². The van der Waals surface area contributed by atoms with Gasteiger partial charge in [-0.3, -0.25) is 9.69 Å². The molecule has 0 radical (unpaired) electrons. The monoisotopic (exact) mass is 326 g/mol. The van der Waals surface area contributed by atoms with Crippen LogP contribution in [0.1, 0.15) is 31.7 Å². The standard InChI is InChI=1S/C16H14N4O2S/c1-4-5-11-18-14-13(22-11)10(9-23-14)6-7-16(2)8-12(21)20(3)15(17)19-16/h9H,8H2,1-3H3,(H2,17,19)/t16-/m1/s1. The molecule has 1 aliphatic rings. The van der Waals surface area contributed by atoms with Gasteiger partial charge in [0, 0.05) is 12.4 Å². The largest absolute Gasteiger partial charge is 0.428 e. The van der Waals surface area contributed by atoms with Crippen molar-refractivity contribution in [2.45, 2.75) is 25.8 Å². The lowest BCUT2D eigenvalue weighted by molar-refractivity contribution is -0.127. The molecule has 6 nitrogen and oxygen atoms in total. The molecule has 0 aromatic carbocycles. The van der Waals surface area contributed by atoms with Crippen LogP contribution in [-0.4, -0.2) is 34.3 Å². The van der Waals surface area contributed by atoms with Crippen molar-refractivity contribution in [3.63, 3.8) is 0 Å². The SMILES string of the molecule is CC#Cc1nc2scc(C#C[C@]3(C)CC(=O)N(C)C(N)=N3)c2o1. The first-order valence-corrected chi connectivity index (χ1v) is 7.76. The lowest BCUT2D eigenvalue weighted by Gasteiger charge is -2.29. The molecule has 3 rings (SSSR count). The van der Waals surface area contributed by atoms with E-state index in [-0.39, 0.29) is 18.3 Å². The van der Waals surface area contributed by atoms with Gasteiger partial charge < -0.3 is 10.2 Å². The number of hydrogen-bond acceptors (Lipinski definition) is 6. The summed E-state index contributed by atoms with van der Waals surface area (Å²) in [4.78, 5) is 22.6. The second kappa shape index (κ2) is 5.45. The summed E-state index contributed by atoms with van der Waals surface area (Å²) in [6, 6.07) is 0. The maximum atomic E-state index is 11.9. The zero-order valence-corrected chi connectivity index (χ0v) is 13.7.